The standard InChI is InChI=1S/C17H16ClN3O3S/c18-10-6-4-9(5-7-10)8-20-15(23)16(24)21-17-13(14(19)22)11-2-1-3-12(11)25-17/h4-7H,1-3,8H2,(H2,19,22)(H,20,23)(H,21,24). The Bertz CT molecular complexity index is 846. The predicted octanol–water partition coefficient (Wildman–Crippen LogP) is 2.24. The van der Waals surface area contributed by atoms with Gasteiger partial charge in [-0.3, -0.25) is 14.4 Å². The summed E-state index contributed by atoms with van der Waals surface area (Å²) in [7, 11) is 0. The van der Waals surface area contributed by atoms with E-state index >= 15 is 0 Å². The molecule has 1 heterocycles. The molecule has 0 fully saturated rings. The second-order valence-electron chi connectivity index (χ2n) is 5.69. The fourth-order valence-corrected chi connectivity index (χ4v) is 4.19. The number of aryl methyl sites for hydroxylation is 1. The fraction of sp³-hybridized carbons (Fsp3) is 0.235. The minimum Gasteiger partial charge on any atom is -0.365 e. The lowest BCUT2D eigenvalue weighted by Crippen LogP contribution is -2.35. The number of carbonyl (C=O) groups excluding carboxylic acids is 3. The zero-order chi connectivity index (χ0) is 18.0. The molecule has 1 aromatic heterocycles. The molecule has 25 heavy (non-hydrogen) atoms. The van der Waals surface area contributed by atoms with Gasteiger partial charge >= 0.3 is 11.8 Å². The summed E-state index contributed by atoms with van der Waals surface area (Å²) in [5.41, 5.74) is 7.48. The first-order valence-corrected chi connectivity index (χ1v) is 8.93. The molecule has 1 aromatic carbocycles. The summed E-state index contributed by atoms with van der Waals surface area (Å²) in [6.07, 6.45) is 2.60. The van der Waals surface area contributed by atoms with Crippen LogP contribution in [0.1, 0.15) is 32.8 Å². The molecule has 0 aliphatic heterocycles. The molecule has 1 aliphatic rings. The van der Waals surface area contributed by atoms with Gasteiger partial charge < -0.3 is 16.4 Å². The van der Waals surface area contributed by atoms with Crippen LogP contribution in [0.5, 0.6) is 0 Å². The number of benzene rings is 1. The highest BCUT2D eigenvalue weighted by molar-refractivity contribution is 7.17. The maximum atomic E-state index is 12.1. The van der Waals surface area contributed by atoms with Crippen molar-refractivity contribution in [3.8, 4) is 0 Å². The first kappa shape index (κ1) is 17.4. The van der Waals surface area contributed by atoms with Crippen molar-refractivity contribution >= 4 is 45.7 Å². The van der Waals surface area contributed by atoms with Crippen LogP contribution in [0, 0.1) is 0 Å². The number of thiophene rings is 1. The van der Waals surface area contributed by atoms with Gasteiger partial charge in [0, 0.05) is 16.4 Å². The largest absolute Gasteiger partial charge is 0.365 e. The van der Waals surface area contributed by atoms with Crippen molar-refractivity contribution in [1.29, 1.82) is 0 Å². The Labute approximate surface area is 153 Å². The Hall–Kier alpha value is -2.38. The minimum atomic E-state index is -0.823. The Kier molecular flexibility index (Phi) is 5.06. The van der Waals surface area contributed by atoms with E-state index in [9.17, 15) is 14.4 Å². The smallest absolute Gasteiger partial charge is 0.314 e. The molecule has 130 valence electrons. The summed E-state index contributed by atoms with van der Waals surface area (Å²) in [5, 5.41) is 5.99. The number of hydrogen-bond donors (Lipinski definition) is 3. The number of fused-ring (bicyclic) bond motifs is 1. The fourth-order valence-electron chi connectivity index (χ4n) is 2.78. The topological polar surface area (TPSA) is 101 Å². The average Bonchev–Trinajstić information content (AvgIpc) is 3.14. The van der Waals surface area contributed by atoms with E-state index in [0.29, 0.717) is 15.6 Å². The lowest BCUT2D eigenvalue weighted by molar-refractivity contribution is -0.136. The second kappa shape index (κ2) is 7.25. The molecule has 0 bridgehead atoms. The third kappa shape index (κ3) is 3.83. The van der Waals surface area contributed by atoms with Gasteiger partial charge in [0.2, 0.25) is 0 Å². The van der Waals surface area contributed by atoms with Crippen molar-refractivity contribution in [2.45, 2.75) is 25.8 Å². The highest BCUT2D eigenvalue weighted by Crippen LogP contribution is 2.38. The lowest BCUT2D eigenvalue weighted by Gasteiger charge is -2.07. The third-order valence-electron chi connectivity index (χ3n) is 3.97. The number of nitrogens with two attached hydrogens (primary N) is 1. The second-order valence-corrected chi connectivity index (χ2v) is 7.23. The van der Waals surface area contributed by atoms with Crippen molar-refractivity contribution < 1.29 is 14.4 Å². The highest BCUT2D eigenvalue weighted by atomic mass is 35.5. The van der Waals surface area contributed by atoms with Gasteiger partial charge in [-0.2, -0.15) is 0 Å². The van der Waals surface area contributed by atoms with E-state index in [1.54, 1.807) is 24.3 Å². The molecule has 1 aliphatic carbocycles. The highest BCUT2D eigenvalue weighted by Gasteiger charge is 2.27. The van der Waals surface area contributed by atoms with Crippen LogP contribution in [-0.2, 0) is 29.0 Å². The maximum Gasteiger partial charge on any atom is 0.314 e. The number of nitrogens with one attached hydrogen (secondary N) is 2. The molecular weight excluding hydrogens is 362 g/mol. The first-order valence-electron chi connectivity index (χ1n) is 7.73. The van der Waals surface area contributed by atoms with E-state index in [2.05, 4.69) is 10.6 Å². The quantitative estimate of drug-likeness (QED) is 0.712. The van der Waals surface area contributed by atoms with E-state index < -0.39 is 17.7 Å². The zero-order valence-electron chi connectivity index (χ0n) is 13.2. The average molecular weight is 378 g/mol. The lowest BCUT2D eigenvalue weighted by atomic mass is 10.1. The Balaban J connectivity index is 1.65. The van der Waals surface area contributed by atoms with E-state index in [1.807, 2.05) is 0 Å². The van der Waals surface area contributed by atoms with E-state index in [4.69, 9.17) is 17.3 Å². The summed E-state index contributed by atoms with van der Waals surface area (Å²) < 4.78 is 0. The normalized spacial score (nSPS) is 12.5. The molecule has 0 radical (unpaired) electrons. The van der Waals surface area contributed by atoms with Gasteiger partial charge in [0.05, 0.1) is 5.56 Å². The van der Waals surface area contributed by atoms with Gasteiger partial charge in [0.25, 0.3) is 5.91 Å². The van der Waals surface area contributed by atoms with Gasteiger partial charge in [-0.15, -0.1) is 11.3 Å². The monoisotopic (exact) mass is 377 g/mol. The molecule has 0 unspecified atom stereocenters. The van der Waals surface area contributed by atoms with Crippen LogP contribution in [0.3, 0.4) is 0 Å². The molecule has 3 rings (SSSR count). The van der Waals surface area contributed by atoms with E-state index in [-0.39, 0.29) is 6.54 Å². The van der Waals surface area contributed by atoms with Crippen LogP contribution >= 0.6 is 22.9 Å². The Morgan fingerprint density at radius 3 is 2.52 bits per heavy atom. The van der Waals surface area contributed by atoms with Crippen LogP contribution < -0.4 is 16.4 Å². The summed E-state index contributed by atoms with van der Waals surface area (Å²) in [6.45, 7) is 0.201. The Morgan fingerprint density at radius 2 is 1.84 bits per heavy atom. The van der Waals surface area contributed by atoms with Gasteiger partial charge in [0.15, 0.2) is 0 Å². The number of anilines is 1. The van der Waals surface area contributed by atoms with Gasteiger partial charge in [-0.1, -0.05) is 23.7 Å². The molecule has 8 heteroatoms. The molecule has 4 N–H and O–H groups in total. The van der Waals surface area contributed by atoms with Crippen molar-refractivity contribution in [2.24, 2.45) is 5.73 Å². The summed E-state index contributed by atoms with van der Waals surface area (Å²) in [6, 6.07) is 6.93. The summed E-state index contributed by atoms with van der Waals surface area (Å²) >= 11 is 7.11. The number of carbonyl (C=O) groups is 3. The van der Waals surface area contributed by atoms with Crippen LogP contribution in [0.4, 0.5) is 5.00 Å². The molecule has 0 saturated carbocycles. The van der Waals surface area contributed by atoms with Gasteiger partial charge in [-0.25, -0.2) is 0 Å². The van der Waals surface area contributed by atoms with Crippen molar-refractivity contribution in [3.63, 3.8) is 0 Å². The number of hydrogen-bond acceptors (Lipinski definition) is 4. The van der Waals surface area contributed by atoms with Crippen LogP contribution in [0.15, 0.2) is 24.3 Å². The molecule has 6 nitrogen and oxygen atoms in total. The number of halogens is 1. The molecule has 0 spiro atoms. The molecular formula is C17H16ClN3O3S. The minimum absolute atomic E-state index is 0.201. The summed E-state index contributed by atoms with van der Waals surface area (Å²) in [4.78, 5) is 36.8. The number of primary amides is 1. The first-order chi connectivity index (χ1) is 12.0. The van der Waals surface area contributed by atoms with Crippen molar-refractivity contribution in [3.05, 3.63) is 50.9 Å². The van der Waals surface area contributed by atoms with Crippen molar-refractivity contribution in [1.82, 2.24) is 5.32 Å². The van der Waals surface area contributed by atoms with Crippen molar-refractivity contribution in [2.75, 3.05) is 5.32 Å². The maximum absolute atomic E-state index is 12.1. The predicted molar refractivity (Wildman–Crippen MR) is 96.8 cm³/mol. The van der Waals surface area contributed by atoms with E-state index in [1.165, 1.54) is 11.3 Å². The van der Waals surface area contributed by atoms with Crippen LogP contribution in [-0.4, -0.2) is 17.7 Å². The number of rotatable bonds is 4. The van der Waals surface area contributed by atoms with Gasteiger partial charge in [-0.05, 0) is 42.5 Å². The van der Waals surface area contributed by atoms with Crippen LogP contribution in [0.2, 0.25) is 5.02 Å². The molecule has 0 saturated heterocycles. The summed E-state index contributed by atoms with van der Waals surface area (Å²) in [5.74, 6) is -2.19. The SMILES string of the molecule is NC(=O)c1c(NC(=O)C(=O)NCc2ccc(Cl)cc2)sc2c1CCC2. The Morgan fingerprint density at radius 1 is 1.12 bits per heavy atom. The van der Waals surface area contributed by atoms with Crippen LogP contribution in [0.25, 0.3) is 0 Å². The molecule has 2 aromatic rings. The molecule has 3 amide bonds. The van der Waals surface area contributed by atoms with E-state index in [0.717, 1.165) is 35.3 Å². The third-order valence-corrected chi connectivity index (χ3v) is 5.43. The van der Waals surface area contributed by atoms with Gasteiger partial charge in [0.1, 0.15) is 5.00 Å². The zero-order valence-corrected chi connectivity index (χ0v) is 14.8. The molecule has 0 atom stereocenters. The number of amides is 3.